The minimum Gasteiger partial charge on any atom is -0.384 e. The third kappa shape index (κ3) is 7.50. The van der Waals surface area contributed by atoms with Crippen LogP contribution in [0.2, 0.25) is 0 Å². The zero-order chi connectivity index (χ0) is 21.4. The molecule has 156 valence electrons. The van der Waals surface area contributed by atoms with E-state index in [0.717, 1.165) is 5.56 Å². The molecule has 2 rings (SSSR count). The lowest BCUT2D eigenvalue weighted by Crippen LogP contribution is -2.50. The summed E-state index contributed by atoms with van der Waals surface area (Å²) in [5.41, 5.74) is 6.98. The number of nitrogen functional groups attached to an aromatic ring is 1. The molecule has 0 bridgehead atoms. The van der Waals surface area contributed by atoms with Crippen LogP contribution in [0, 0.1) is 11.7 Å². The minimum atomic E-state index is -1.21. The van der Waals surface area contributed by atoms with Crippen LogP contribution in [0.25, 0.3) is 0 Å². The Balaban J connectivity index is 2.07. The Morgan fingerprint density at radius 2 is 1.76 bits per heavy atom. The molecule has 0 saturated carbocycles. The van der Waals surface area contributed by atoms with Gasteiger partial charge >= 0.3 is 0 Å². The van der Waals surface area contributed by atoms with Gasteiger partial charge in [0.25, 0.3) is 0 Å². The molecule has 2 amide bonds. The first-order chi connectivity index (χ1) is 13.7. The molecule has 2 atom stereocenters. The van der Waals surface area contributed by atoms with Crippen molar-refractivity contribution >= 4 is 17.6 Å². The molecular formula is C21H27FN4O3. The molecule has 2 aromatic rings. The van der Waals surface area contributed by atoms with Crippen molar-refractivity contribution < 1.29 is 19.1 Å². The number of anilines is 1. The van der Waals surface area contributed by atoms with Gasteiger partial charge in [0.2, 0.25) is 11.8 Å². The second kappa shape index (κ2) is 10.5. The maximum atomic E-state index is 13.2. The number of carbonyl (C=O) groups is 2. The van der Waals surface area contributed by atoms with Gasteiger partial charge in [0, 0.05) is 19.2 Å². The fraction of sp³-hybridized carbons (Fsp3) is 0.381. The predicted octanol–water partition coefficient (Wildman–Crippen LogP) is 1.55. The van der Waals surface area contributed by atoms with Crippen LogP contribution in [0.5, 0.6) is 0 Å². The number of halogens is 1. The summed E-state index contributed by atoms with van der Waals surface area (Å²) in [6.45, 7) is 3.98. The summed E-state index contributed by atoms with van der Waals surface area (Å²) in [5.74, 6) is -0.924. The first-order valence-corrected chi connectivity index (χ1v) is 9.45. The Kier molecular flexibility index (Phi) is 8.09. The lowest BCUT2D eigenvalue weighted by molar-refractivity contribution is -0.134. The first-order valence-electron chi connectivity index (χ1n) is 9.45. The molecule has 0 spiro atoms. The van der Waals surface area contributed by atoms with Crippen LogP contribution in [-0.4, -0.2) is 34.1 Å². The predicted molar refractivity (Wildman–Crippen MR) is 108 cm³/mol. The third-order valence-electron chi connectivity index (χ3n) is 4.30. The maximum absolute atomic E-state index is 13.2. The summed E-state index contributed by atoms with van der Waals surface area (Å²) in [6, 6.07) is 8.13. The Hall–Kier alpha value is -3.00. The molecule has 0 unspecified atom stereocenters. The molecule has 5 N–H and O–H groups in total. The highest BCUT2D eigenvalue weighted by molar-refractivity contribution is 5.89. The summed E-state index contributed by atoms with van der Waals surface area (Å²) in [4.78, 5) is 29.0. The van der Waals surface area contributed by atoms with E-state index < -0.39 is 24.0 Å². The third-order valence-corrected chi connectivity index (χ3v) is 4.30. The van der Waals surface area contributed by atoms with E-state index in [1.807, 2.05) is 13.8 Å². The van der Waals surface area contributed by atoms with Crippen molar-refractivity contribution in [3.05, 3.63) is 59.5 Å². The van der Waals surface area contributed by atoms with Crippen LogP contribution in [0.3, 0.4) is 0 Å². The van der Waals surface area contributed by atoms with Gasteiger partial charge in [0.1, 0.15) is 23.8 Å². The van der Waals surface area contributed by atoms with Crippen LogP contribution in [0.1, 0.15) is 31.4 Å². The van der Waals surface area contributed by atoms with Crippen molar-refractivity contribution in [1.82, 2.24) is 15.6 Å². The topological polar surface area (TPSA) is 117 Å². The largest absolute Gasteiger partial charge is 0.384 e. The Morgan fingerprint density at radius 3 is 2.34 bits per heavy atom. The van der Waals surface area contributed by atoms with E-state index in [1.165, 1.54) is 12.1 Å². The molecule has 0 aliphatic heterocycles. The summed E-state index contributed by atoms with van der Waals surface area (Å²) in [6.07, 6.45) is 0.787. The van der Waals surface area contributed by atoms with Gasteiger partial charge in [-0.25, -0.2) is 9.37 Å². The second-order valence-electron chi connectivity index (χ2n) is 7.35. The molecule has 0 aliphatic rings. The number of nitrogens with one attached hydrogen (secondary N) is 2. The van der Waals surface area contributed by atoms with Gasteiger partial charge in [0.05, 0.1) is 0 Å². The lowest BCUT2D eigenvalue weighted by atomic mass is 10.0. The van der Waals surface area contributed by atoms with E-state index in [9.17, 15) is 19.1 Å². The zero-order valence-corrected chi connectivity index (χ0v) is 16.6. The van der Waals surface area contributed by atoms with Gasteiger partial charge in [-0.05, 0) is 41.7 Å². The number of hydrogen-bond acceptors (Lipinski definition) is 5. The first kappa shape index (κ1) is 22.3. The van der Waals surface area contributed by atoms with Crippen LogP contribution in [0.4, 0.5) is 10.2 Å². The fourth-order valence-corrected chi connectivity index (χ4v) is 2.74. The molecule has 7 nitrogen and oxygen atoms in total. The smallest absolute Gasteiger partial charge is 0.249 e. The number of benzene rings is 1. The molecule has 29 heavy (non-hydrogen) atoms. The number of hydrogen-bond donors (Lipinski definition) is 4. The standard InChI is InChI=1S/C21H27FN4O3/c1-13(2)9-18(27)21(29)26-17(10-14-3-6-16(22)7-4-14)20(28)25-12-15-5-8-19(23)24-11-15/h3-8,11,13,17-18,27H,9-10,12H2,1-2H3,(H2,23,24)(H,25,28)(H,26,29)/t17-,18-/m0/s1. The Labute approximate surface area is 169 Å². The number of aliphatic hydroxyl groups excluding tert-OH is 1. The number of rotatable bonds is 9. The number of aliphatic hydroxyl groups is 1. The van der Waals surface area contributed by atoms with Crippen LogP contribution in [-0.2, 0) is 22.6 Å². The van der Waals surface area contributed by atoms with E-state index in [0.29, 0.717) is 11.4 Å². The number of pyridine rings is 1. The highest BCUT2D eigenvalue weighted by Gasteiger charge is 2.25. The number of nitrogens with zero attached hydrogens (tertiary/aromatic N) is 1. The van der Waals surface area contributed by atoms with Gasteiger partial charge < -0.3 is 21.5 Å². The number of nitrogens with two attached hydrogens (primary N) is 1. The summed E-state index contributed by atoms with van der Waals surface area (Å²) < 4.78 is 13.2. The molecular weight excluding hydrogens is 375 g/mol. The van der Waals surface area contributed by atoms with Crippen molar-refractivity contribution in [2.45, 2.75) is 45.4 Å². The SMILES string of the molecule is CC(C)C[C@H](O)C(=O)N[C@@H](Cc1ccc(F)cc1)C(=O)NCc1ccc(N)nc1. The Morgan fingerprint density at radius 1 is 1.10 bits per heavy atom. The second-order valence-corrected chi connectivity index (χ2v) is 7.35. The normalized spacial score (nSPS) is 13.0. The van der Waals surface area contributed by atoms with Crippen molar-refractivity contribution in [1.29, 1.82) is 0 Å². The van der Waals surface area contributed by atoms with Crippen molar-refractivity contribution in [2.24, 2.45) is 5.92 Å². The van der Waals surface area contributed by atoms with Gasteiger partial charge in [-0.3, -0.25) is 9.59 Å². The van der Waals surface area contributed by atoms with E-state index >= 15 is 0 Å². The van der Waals surface area contributed by atoms with E-state index in [2.05, 4.69) is 15.6 Å². The van der Waals surface area contributed by atoms with Gasteiger partial charge in [-0.2, -0.15) is 0 Å². The van der Waals surface area contributed by atoms with Gasteiger partial charge in [-0.15, -0.1) is 0 Å². The maximum Gasteiger partial charge on any atom is 0.249 e. The van der Waals surface area contributed by atoms with E-state index in [1.54, 1.807) is 30.5 Å². The average Bonchev–Trinajstić information content (AvgIpc) is 2.67. The van der Waals surface area contributed by atoms with Crippen molar-refractivity contribution in [3.63, 3.8) is 0 Å². The highest BCUT2D eigenvalue weighted by Crippen LogP contribution is 2.09. The number of aromatic nitrogens is 1. The molecule has 0 fully saturated rings. The van der Waals surface area contributed by atoms with Gasteiger partial charge in [0.15, 0.2) is 0 Å². The van der Waals surface area contributed by atoms with Crippen molar-refractivity contribution in [3.8, 4) is 0 Å². The fourth-order valence-electron chi connectivity index (χ4n) is 2.74. The molecule has 1 aromatic heterocycles. The summed E-state index contributed by atoms with van der Waals surface area (Å²) in [7, 11) is 0. The molecule has 1 aromatic carbocycles. The summed E-state index contributed by atoms with van der Waals surface area (Å²) in [5, 5.41) is 15.4. The number of carbonyl (C=O) groups excluding carboxylic acids is 2. The van der Waals surface area contributed by atoms with Crippen LogP contribution < -0.4 is 16.4 Å². The monoisotopic (exact) mass is 402 g/mol. The Bertz CT molecular complexity index is 810. The zero-order valence-electron chi connectivity index (χ0n) is 16.6. The molecule has 0 radical (unpaired) electrons. The van der Waals surface area contributed by atoms with Crippen LogP contribution >= 0.6 is 0 Å². The van der Waals surface area contributed by atoms with Crippen LogP contribution in [0.15, 0.2) is 42.6 Å². The number of amides is 2. The molecule has 0 aliphatic carbocycles. The quantitative estimate of drug-likeness (QED) is 0.508. The molecule has 1 heterocycles. The highest BCUT2D eigenvalue weighted by atomic mass is 19.1. The molecule has 0 saturated heterocycles. The van der Waals surface area contributed by atoms with E-state index in [-0.39, 0.29) is 31.1 Å². The lowest BCUT2D eigenvalue weighted by Gasteiger charge is -2.21. The summed E-state index contributed by atoms with van der Waals surface area (Å²) >= 11 is 0. The van der Waals surface area contributed by atoms with Gasteiger partial charge in [-0.1, -0.05) is 32.0 Å². The van der Waals surface area contributed by atoms with E-state index in [4.69, 9.17) is 5.73 Å². The minimum absolute atomic E-state index is 0.123. The molecule has 8 heteroatoms. The average molecular weight is 402 g/mol. The van der Waals surface area contributed by atoms with Crippen molar-refractivity contribution in [2.75, 3.05) is 5.73 Å².